The van der Waals surface area contributed by atoms with E-state index in [1.54, 1.807) is 7.11 Å². The summed E-state index contributed by atoms with van der Waals surface area (Å²) in [6.07, 6.45) is 0.957. The van der Waals surface area contributed by atoms with Crippen LogP contribution in [0.15, 0.2) is 42.5 Å². The van der Waals surface area contributed by atoms with Gasteiger partial charge in [0, 0.05) is 19.8 Å². The number of nitrogens with one attached hydrogen (secondary N) is 1. The molecule has 102 valence electrons. The van der Waals surface area contributed by atoms with Crippen molar-refractivity contribution < 1.29 is 4.74 Å². The minimum absolute atomic E-state index is 0.149. The van der Waals surface area contributed by atoms with Crippen LogP contribution in [0.1, 0.15) is 24.9 Å². The molecule has 2 unspecified atom stereocenters. The zero-order chi connectivity index (χ0) is 13.7. The minimum Gasteiger partial charge on any atom is -0.384 e. The fourth-order valence-corrected chi connectivity index (χ4v) is 2.59. The van der Waals surface area contributed by atoms with Crippen LogP contribution in [0.5, 0.6) is 0 Å². The van der Waals surface area contributed by atoms with Crippen LogP contribution in [0.4, 0.5) is 0 Å². The van der Waals surface area contributed by atoms with E-state index in [2.05, 4.69) is 54.8 Å². The Hall–Kier alpha value is -1.42. The van der Waals surface area contributed by atoms with Crippen molar-refractivity contribution in [3.63, 3.8) is 0 Å². The summed E-state index contributed by atoms with van der Waals surface area (Å²) >= 11 is 0. The number of fused-ring (bicyclic) bond motifs is 1. The van der Waals surface area contributed by atoms with Gasteiger partial charge in [-0.2, -0.15) is 0 Å². The van der Waals surface area contributed by atoms with Crippen LogP contribution in [-0.2, 0) is 4.74 Å². The molecule has 2 atom stereocenters. The first-order valence-electron chi connectivity index (χ1n) is 6.69. The van der Waals surface area contributed by atoms with Gasteiger partial charge in [0.2, 0.25) is 0 Å². The molecule has 2 aromatic carbocycles. The highest BCUT2D eigenvalue weighted by Crippen LogP contribution is 2.28. The molecule has 0 aliphatic heterocycles. The molecule has 0 bridgehead atoms. The topological polar surface area (TPSA) is 47.3 Å². The van der Waals surface area contributed by atoms with Gasteiger partial charge in [-0.05, 0) is 28.7 Å². The van der Waals surface area contributed by atoms with Crippen molar-refractivity contribution in [2.24, 2.45) is 11.8 Å². The average molecular weight is 258 g/mol. The Morgan fingerprint density at radius 3 is 2.63 bits per heavy atom. The molecule has 0 saturated heterocycles. The maximum absolute atomic E-state index is 5.75. The molecule has 0 aliphatic carbocycles. The van der Waals surface area contributed by atoms with Crippen LogP contribution in [0.3, 0.4) is 0 Å². The van der Waals surface area contributed by atoms with Crippen molar-refractivity contribution in [2.75, 3.05) is 13.7 Å². The van der Waals surface area contributed by atoms with Crippen molar-refractivity contribution in [3.8, 4) is 0 Å². The molecule has 0 aromatic heterocycles. The lowest BCUT2D eigenvalue weighted by atomic mass is 9.93. The highest BCUT2D eigenvalue weighted by Gasteiger charge is 2.16. The number of hydrogen-bond donors (Lipinski definition) is 2. The smallest absolute Gasteiger partial charge is 0.0488 e. The third kappa shape index (κ3) is 3.32. The first kappa shape index (κ1) is 14.0. The second-order valence-corrected chi connectivity index (χ2v) is 5.08. The Morgan fingerprint density at radius 1 is 1.16 bits per heavy atom. The van der Waals surface area contributed by atoms with Gasteiger partial charge in [0.1, 0.15) is 0 Å². The molecule has 0 radical (unpaired) electrons. The maximum Gasteiger partial charge on any atom is 0.0488 e. The van der Waals surface area contributed by atoms with Gasteiger partial charge in [-0.15, -0.1) is 0 Å². The van der Waals surface area contributed by atoms with E-state index in [0.29, 0.717) is 5.92 Å². The van der Waals surface area contributed by atoms with Gasteiger partial charge >= 0.3 is 0 Å². The third-order valence-electron chi connectivity index (χ3n) is 3.49. The highest BCUT2D eigenvalue weighted by molar-refractivity contribution is 5.86. The number of hydrogen-bond acceptors (Lipinski definition) is 3. The summed E-state index contributed by atoms with van der Waals surface area (Å²) in [6, 6.07) is 14.9. The van der Waals surface area contributed by atoms with Crippen LogP contribution in [0.2, 0.25) is 0 Å². The number of ether oxygens (including phenoxy) is 1. The van der Waals surface area contributed by atoms with Gasteiger partial charge in [-0.1, -0.05) is 49.4 Å². The van der Waals surface area contributed by atoms with Crippen LogP contribution in [0, 0.1) is 5.92 Å². The fourth-order valence-electron chi connectivity index (χ4n) is 2.59. The first-order chi connectivity index (χ1) is 9.26. The number of benzene rings is 2. The van der Waals surface area contributed by atoms with Gasteiger partial charge in [0.25, 0.3) is 0 Å². The van der Waals surface area contributed by atoms with E-state index in [9.17, 15) is 0 Å². The second kappa shape index (κ2) is 6.66. The first-order valence-corrected chi connectivity index (χ1v) is 6.69. The van der Waals surface area contributed by atoms with E-state index in [-0.39, 0.29) is 6.04 Å². The van der Waals surface area contributed by atoms with Gasteiger partial charge < -0.3 is 4.74 Å². The summed E-state index contributed by atoms with van der Waals surface area (Å²) in [5.74, 6) is 6.21. The molecular weight excluding hydrogens is 236 g/mol. The molecule has 3 N–H and O–H groups in total. The number of nitrogens with two attached hydrogens (primary N) is 1. The van der Waals surface area contributed by atoms with E-state index in [1.165, 1.54) is 16.3 Å². The predicted molar refractivity (Wildman–Crippen MR) is 79.7 cm³/mol. The Morgan fingerprint density at radius 2 is 1.89 bits per heavy atom. The van der Waals surface area contributed by atoms with E-state index >= 15 is 0 Å². The molecule has 0 fully saturated rings. The van der Waals surface area contributed by atoms with Crippen LogP contribution < -0.4 is 11.3 Å². The van der Waals surface area contributed by atoms with Crippen LogP contribution >= 0.6 is 0 Å². The van der Waals surface area contributed by atoms with Crippen LogP contribution in [0.25, 0.3) is 10.8 Å². The lowest BCUT2D eigenvalue weighted by molar-refractivity contribution is 0.149. The summed E-state index contributed by atoms with van der Waals surface area (Å²) < 4.78 is 5.20. The summed E-state index contributed by atoms with van der Waals surface area (Å²) in [5, 5.41) is 2.51. The van der Waals surface area contributed by atoms with Crippen LogP contribution in [-0.4, -0.2) is 13.7 Å². The Labute approximate surface area is 114 Å². The number of hydrazine groups is 1. The Kier molecular flexibility index (Phi) is 4.91. The molecule has 0 aliphatic rings. The quantitative estimate of drug-likeness (QED) is 0.618. The van der Waals surface area contributed by atoms with Crippen molar-refractivity contribution in [1.82, 2.24) is 5.43 Å². The second-order valence-electron chi connectivity index (χ2n) is 5.08. The molecular formula is C16H22N2O. The van der Waals surface area contributed by atoms with Gasteiger partial charge in [-0.3, -0.25) is 11.3 Å². The molecule has 2 aromatic rings. The molecule has 0 saturated carbocycles. The fraction of sp³-hybridized carbons (Fsp3) is 0.375. The monoisotopic (exact) mass is 258 g/mol. The van der Waals surface area contributed by atoms with E-state index in [1.807, 2.05) is 0 Å². The van der Waals surface area contributed by atoms with E-state index < -0.39 is 0 Å². The van der Waals surface area contributed by atoms with Crippen molar-refractivity contribution in [2.45, 2.75) is 19.4 Å². The summed E-state index contributed by atoms with van der Waals surface area (Å²) in [4.78, 5) is 0. The zero-order valence-corrected chi connectivity index (χ0v) is 11.6. The van der Waals surface area contributed by atoms with Gasteiger partial charge in [0.15, 0.2) is 0 Å². The molecule has 0 spiro atoms. The summed E-state index contributed by atoms with van der Waals surface area (Å²) in [5.41, 5.74) is 4.20. The van der Waals surface area contributed by atoms with Crippen molar-refractivity contribution in [3.05, 3.63) is 48.0 Å². The Bertz CT molecular complexity index is 522. The van der Waals surface area contributed by atoms with E-state index in [4.69, 9.17) is 10.6 Å². The summed E-state index contributed by atoms with van der Waals surface area (Å²) in [6.45, 7) is 2.93. The average Bonchev–Trinajstić information content (AvgIpc) is 2.44. The molecule has 2 rings (SSSR count). The van der Waals surface area contributed by atoms with E-state index in [0.717, 1.165) is 13.0 Å². The number of methoxy groups -OCH3 is 1. The normalized spacial score (nSPS) is 14.5. The van der Waals surface area contributed by atoms with Gasteiger partial charge in [-0.25, -0.2) is 0 Å². The third-order valence-corrected chi connectivity index (χ3v) is 3.49. The largest absolute Gasteiger partial charge is 0.384 e. The number of rotatable bonds is 6. The molecule has 19 heavy (non-hydrogen) atoms. The lowest BCUT2D eigenvalue weighted by Gasteiger charge is -2.21. The van der Waals surface area contributed by atoms with Crippen molar-refractivity contribution >= 4 is 10.8 Å². The molecule has 0 amide bonds. The summed E-state index contributed by atoms with van der Waals surface area (Å²) in [7, 11) is 1.74. The molecule has 0 heterocycles. The molecule has 3 heteroatoms. The molecule has 3 nitrogen and oxygen atoms in total. The predicted octanol–water partition coefficient (Wildman–Crippen LogP) is 3.02. The Balaban J connectivity index is 2.30. The van der Waals surface area contributed by atoms with Gasteiger partial charge in [0.05, 0.1) is 0 Å². The zero-order valence-electron chi connectivity index (χ0n) is 11.6. The SMILES string of the molecule is COCC(C)CC(NN)c1cccc2ccccc12. The lowest BCUT2D eigenvalue weighted by Crippen LogP contribution is -2.30. The maximum atomic E-state index is 5.75. The van der Waals surface area contributed by atoms with Crippen molar-refractivity contribution in [1.29, 1.82) is 0 Å². The standard InChI is InChI=1S/C16H22N2O/c1-12(11-19-2)10-16(18-17)15-9-5-7-13-6-3-4-8-14(13)15/h3-9,12,16,18H,10-11,17H2,1-2H3. The highest BCUT2D eigenvalue weighted by atomic mass is 16.5. The minimum atomic E-state index is 0.149.